The molecule has 0 aliphatic rings. The van der Waals surface area contributed by atoms with Crippen molar-refractivity contribution < 1.29 is 4.79 Å². The summed E-state index contributed by atoms with van der Waals surface area (Å²) < 4.78 is 1.24. The van der Waals surface area contributed by atoms with E-state index in [1.54, 1.807) is 29.8 Å². The minimum Gasteiger partial charge on any atom is -0.300 e. The lowest BCUT2D eigenvalue weighted by Gasteiger charge is -2.06. The molecular formula is C13H9ClN4O2S. The molecule has 0 aliphatic heterocycles. The van der Waals surface area contributed by atoms with Crippen LogP contribution in [0.15, 0.2) is 40.9 Å². The molecule has 3 aromatic rings. The fourth-order valence-corrected chi connectivity index (χ4v) is 2.56. The lowest BCUT2D eigenvalue weighted by Crippen LogP contribution is -2.27. The largest absolute Gasteiger partial charge is 0.300 e. The number of aromatic nitrogens is 3. The first kappa shape index (κ1) is 13.7. The SMILES string of the molecule is O=C(Cn1cnc2ccc(Cl)cc2c1=O)Nc1nccs1. The van der Waals surface area contributed by atoms with Gasteiger partial charge in [0.25, 0.3) is 5.56 Å². The first-order valence-electron chi connectivity index (χ1n) is 5.97. The van der Waals surface area contributed by atoms with E-state index < -0.39 is 0 Å². The van der Waals surface area contributed by atoms with Gasteiger partial charge in [-0.05, 0) is 18.2 Å². The number of halogens is 1. The van der Waals surface area contributed by atoms with Gasteiger partial charge in [0, 0.05) is 16.6 Å². The van der Waals surface area contributed by atoms with Crippen molar-refractivity contribution in [2.45, 2.75) is 6.54 Å². The fraction of sp³-hybridized carbons (Fsp3) is 0.0769. The number of amides is 1. The highest BCUT2D eigenvalue weighted by atomic mass is 35.5. The van der Waals surface area contributed by atoms with Crippen molar-refractivity contribution in [1.82, 2.24) is 14.5 Å². The molecule has 0 radical (unpaired) electrons. The van der Waals surface area contributed by atoms with E-state index in [0.29, 0.717) is 21.1 Å². The van der Waals surface area contributed by atoms with Crippen LogP contribution in [-0.2, 0) is 11.3 Å². The summed E-state index contributed by atoms with van der Waals surface area (Å²) in [5.41, 5.74) is 0.234. The summed E-state index contributed by atoms with van der Waals surface area (Å²) in [4.78, 5) is 32.3. The van der Waals surface area contributed by atoms with Crippen LogP contribution in [0, 0.1) is 0 Å². The lowest BCUT2D eigenvalue weighted by molar-refractivity contribution is -0.116. The zero-order chi connectivity index (χ0) is 14.8. The Hall–Kier alpha value is -2.25. The highest BCUT2D eigenvalue weighted by Crippen LogP contribution is 2.14. The highest BCUT2D eigenvalue weighted by Gasteiger charge is 2.09. The van der Waals surface area contributed by atoms with Crippen molar-refractivity contribution >= 4 is 44.9 Å². The molecule has 0 saturated heterocycles. The van der Waals surface area contributed by atoms with E-state index in [2.05, 4.69) is 15.3 Å². The molecule has 0 aliphatic carbocycles. The summed E-state index contributed by atoms with van der Waals surface area (Å²) in [5, 5.41) is 5.69. The quantitative estimate of drug-likeness (QED) is 0.802. The number of carbonyl (C=O) groups is 1. The van der Waals surface area contributed by atoms with Crippen LogP contribution in [0.1, 0.15) is 0 Å². The second-order valence-electron chi connectivity index (χ2n) is 4.22. The van der Waals surface area contributed by atoms with Crippen molar-refractivity contribution in [2.75, 3.05) is 5.32 Å². The fourth-order valence-electron chi connectivity index (χ4n) is 1.84. The van der Waals surface area contributed by atoms with Crippen LogP contribution >= 0.6 is 22.9 Å². The van der Waals surface area contributed by atoms with Gasteiger partial charge in [-0.1, -0.05) is 11.6 Å². The molecule has 3 rings (SSSR count). The summed E-state index contributed by atoms with van der Waals surface area (Å²) in [5.74, 6) is -0.338. The molecule has 0 spiro atoms. The van der Waals surface area contributed by atoms with E-state index in [4.69, 9.17) is 11.6 Å². The third-order valence-corrected chi connectivity index (χ3v) is 3.70. The van der Waals surface area contributed by atoms with Gasteiger partial charge in [0.05, 0.1) is 17.2 Å². The summed E-state index contributed by atoms with van der Waals surface area (Å²) in [6.45, 7) is -0.131. The van der Waals surface area contributed by atoms with Gasteiger partial charge in [-0.2, -0.15) is 0 Å². The Morgan fingerprint density at radius 1 is 1.38 bits per heavy atom. The minimum absolute atomic E-state index is 0.131. The molecule has 0 fully saturated rings. The van der Waals surface area contributed by atoms with Crippen LogP contribution < -0.4 is 10.9 Å². The zero-order valence-corrected chi connectivity index (χ0v) is 12.2. The molecule has 0 unspecified atom stereocenters. The topological polar surface area (TPSA) is 76.9 Å². The maximum Gasteiger partial charge on any atom is 0.261 e. The Bertz CT molecular complexity index is 860. The summed E-state index contributed by atoms with van der Waals surface area (Å²) >= 11 is 7.19. The maximum absolute atomic E-state index is 12.3. The Balaban J connectivity index is 1.89. The van der Waals surface area contributed by atoms with Crippen molar-refractivity contribution in [3.63, 3.8) is 0 Å². The van der Waals surface area contributed by atoms with E-state index in [1.807, 2.05) is 0 Å². The lowest BCUT2D eigenvalue weighted by atomic mass is 10.2. The third-order valence-electron chi connectivity index (χ3n) is 2.78. The van der Waals surface area contributed by atoms with E-state index in [1.165, 1.54) is 22.2 Å². The summed E-state index contributed by atoms with van der Waals surface area (Å²) in [7, 11) is 0. The van der Waals surface area contributed by atoms with E-state index >= 15 is 0 Å². The smallest absolute Gasteiger partial charge is 0.261 e. The molecule has 0 bridgehead atoms. The van der Waals surface area contributed by atoms with Gasteiger partial charge in [0.15, 0.2) is 5.13 Å². The summed E-state index contributed by atoms with van der Waals surface area (Å²) in [6.07, 6.45) is 2.94. The van der Waals surface area contributed by atoms with Gasteiger partial charge < -0.3 is 5.32 Å². The minimum atomic E-state index is -0.338. The van der Waals surface area contributed by atoms with Crippen LogP contribution in [-0.4, -0.2) is 20.4 Å². The molecule has 21 heavy (non-hydrogen) atoms. The molecule has 1 aromatic carbocycles. The number of fused-ring (bicyclic) bond motifs is 1. The number of rotatable bonds is 3. The number of nitrogens with one attached hydrogen (secondary N) is 1. The Morgan fingerprint density at radius 3 is 3.00 bits per heavy atom. The third kappa shape index (κ3) is 2.93. The zero-order valence-electron chi connectivity index (χ0n) is 10.6. The van der Waals surface area contributed by atoms with Crippen LogP contribution in [0.4, 0.5) is 5.13 Å². The number of hydrogen-bond acceptors (Lipinski definition) is 5. The van der Waals surface area contributed by atoms with E-state index in [0.717, 1.165) is 0 Å². The predicted molar refractivity (Wildman–Crippen MR) is 81.8 cm³/mol. The predicted octanol–water partition coefficient (Wildman–Crippen LogP) is 2.15. The van der Waals surface area contributed by atoms with Crippen LogP contribution in [0.3, 0.4) is 0 Å². The van der Waals surface area contributed by atoms with Gasteiger partial charge in [-0.15, -0.1) is 11.3 Å². The van der Waals surface area contributed by atoms with Crippen LogP contribution in [0.25, 0.3) is 10.9 Å². The second-order valence-corrected chi connectivity index (χ2v) is 5.56. The Labute approximate surface area is 128 Å². The Kier molecular flexibility index (Phi) is 3.68. The highest BCUT2D eigenvalue weighted by molar-refractivity contribution is 7.13. The molecule has 1 amide bonds. The average molecular weight is 321 g/mol. The molecule has 106 valence electrons. The van der Waals surface area contributed by atoms with Gasteiger partial charge in [0.1, 0.15) is 6.54 Å². The molecule has 0 saturated carbocycles. The second kappa shape index (κ2) is 5.63. The number of thiazole rings is 1. The van der Waals surface area contributed by atoms with Crippen LogP contribution in [0.5, 0.6) is 0 Å². The molecule has 6 nitrogen and oxygen atoms in total. The molecule has 1 N–H and O–H groups in total. The van der Waals surface area contributed by atoms with Crippen molar-refractivity contribution in [1.29, 1.82) is 0 Å². The van der Waals surface area contributed by atoms with Gasteiger partial charge in [-0.3, -0.25) is 14.2 Å². The van der Waals surface area contributed by atoms with Crippen molar-refractivity contribution in [3.05, 3.63) is 51.5 Å². The van der Waals surface area contributed by atoms with Crippen molar-refractivity contribution in [2.24, 2.45) is 0 Å². The van der Waals surface area contributed by atoms with E-state index in [-0.39, 0.29) is 18.0 Å². The van der Waals surface area contributed by atoms with E-state index in [9.17, 15) is 9.59 Å². The van der Waals surface area contributed by atoms with Gasteiger partial charge in [-0.25, -0.2) is 9.97 Å². The molecular weight excluding hydrogens is 312 g/mol. The number of carbonyl (C=O) groups excluding carboxylic acids is 1. The van der Waals surface area contributed by atoms with Gasteiger partial charge in [0.2, 0.25) is 5.91 Å². The standard InChI is InChI=1S/C13H9ClN4O2S/c14-8-1-2-10-9(5-8)12(20)18(7-16-10)6-11(19)17-13-15-3-4-21-13/h1-5,7H,6H2,(H,15,17,19). The number of nitrogens with zero attached hydrogens (tertiary/aromatic N) is 3. The maximum atomic E-state index is 12.3. The molecule has 2 heterocycles. The molecule has 8 heteroatoms. The number of anilines is 1. The summed E-state index contributed by atoms with van der Waals surface area (Å²) in [6, 6.07) is 4.87. The molecule has 2 aromatic heterocycles. The van der Waals surface area contributed by atoms with Crippen molar-refractivity contribution in [3.8, 4) is 0 Å². The Morgan fingerprint density at radius 2 is 2.24 bits per heavy atom. The number of benzene rings is 1. The monoisotopic (exact) mass is 320 g/mol. The van der Waals surface area contributed by atoms with Crippen LogP contribution in [0.2, 0.25) is 5.02 Å². The first-order chi connectivity index (χ1) is 10.1. The first-order valence-corrected chi connectivity index (χ1v) is 7.23. The normalized spacial score (nSPS) is 10.7. The molecule has 0 atom stereocenters. The average Bonchev–Trinajstić information content (AvgIpc) is 2.95. The van der Waals surface area contributed by atoms with Gasteiger partial charge >= 0.3 is 0 Å². The number of hydrogen-bond donors (Lipinski definition) is 1.